The van der Waals surface area contributed by atoms with Gasteiger partial charge in [0.25, 0.3) is 0 Å². The molecule has 2 aromatic heterocycles. The highest BCUT2D eigenvalue weighted by molar-refractivity contribution is 14.0. The molecule has 0 bridgehead atoms. The first-order valence-electron chi connectivity index (χ1n) is 8.87. The van der Waals surface area contributed by atoms with Gasteiger partial charge in [0, 0.05) is 31.2 Å². The lowest BCUT2D eigenvalue weighted by Gasteiger charge is -2.12. The number of benzene rings is 1. The van der Waals surface area contributed by atoms with E-state index in [1.807, 2.05) is 42.5 Å². The first-order valence-corrected chi connectivity index (χ1v) is 8.87. The summed E-state index contributed by atoms with van der Waals surface area (Å²) >= 11 is 0. The fraction of sp³-hybridized carbons (Fsp3) is 0.250. The topological polar surface area (TPSA) is 74.2 Å². The molecule has 0 spiro atoms. The molecule has 0 unspecified atom stereocenters. The van der Waals surface area contributed by atoms with Crippen LogP contribution in [0, 0.1) is 0 Å². The molecule has 1 aromatic carbocycles. The van der Waals surface area contributed by atoms with Crippen molar-refractivity contribution in [3.63, 3.8) is 0 Å². The van der Waals surface area contributed by atoms with Gasteiger partial charge in [0.05, 0.1) is 17.8 Å². The van der Waals surface area contributed by atoms with E-state index in [9.17, 15) is 0 Å². The monoisotopic (exact) mass is 476 g/mol. The Balaban J connectivity index is 0.00000261. The van der Waals surface area contributed by atoms with E-state index in [1.165, 1.54) is 0 Å². The molecule has 0 aliphatic heterocycles. The van der Waals surface area contributed by atoms with E-state index in [2.05, 4.69) is 50.0 Å². The molecule has 2 heterocycles. The summed E-state index contributed by atoms with van der Waals surface area (Å²) in [4.78, 5) is 13.5. The molecule has 6 nitrogen and oxygen atoms in total. The molecule has 0 aliphatic rings. The minimum absolute atomic E-state index is 0. The third kappa shape index (κ3) is 6.67. The van der Waals surface area contributed by atoms with Crippen LogP contribution < -0.4 is 16.0 Å². The highest BCUT2D eigenvalue weighted by atomic mass is 127. The standard InChI is InChI=1S/C20H24N6.HI/c1-2-21-20(25-15-17-8-5-6-12-22-17)24-14-13-23-19-11-10-16-7-3-4-9-18(16)26-19;/h3-12H,2,13-15H2,1H3,(H,23,26)(H2,21,24,25);1H. The summed E-state index contributed by atoms with van der Waals surface area (Å²) in [7, 11) is 0. The van der Waals surface area contributed by atoms with Gasteiger partial charge >= 0.3 is 0 Å². The second kappa shape index (κ2) is 11.3. The van der Waals surface area contributed by atoms with Crippen molar-refractivity contribution < 1.29 is 0 Å². The van der Waals surface area contributed by atoms with Gasteiger partial charge in [-0.15, -0.1) is 24.0 Å². The van der Waals surface area contributed by atoms with E-state index in [-0.39, 0.29) is 24.0 Å². The Morgan fingerprint density at radius 3 is 2.63 bits per heavy atom. The molecule has 3 aromatic rings. The normalized spacial score (nSPS) is 10.9. The number of fused-ring (bicyclic) bond motifs is 1. The van der Waals surface area contributed by atoms with Crippen molar-refractivity contribution in [2.24, 2.45) is 4.99 Å². The smallest absolute Gasteiger partial charge is 0.191 e. The van der Waals surface area contributed by atoms with Crippen LogP contribution in [-0.2, 0) is 6.54 Å². The fourth-order valence-corrected chi connectivity index (χ4v) is 2.53. The number of rotatable bonds is 7. The van der Waals surface area contributed by atoms with Crippen LogP contribution in [0.3, 0.4) is 0 Å². The third-order valence-electron chi connectivity index (χ3n) is 3.79. The Labute approximate surface area is 176 Å². The summed E-state index contributed by atoms with van der Waals surface area (Å²) < 4.78 is 0. The van der Waals surface area contributed by atoms with Gasteiger partial charge in [-0.2, -0.15) is 0 Å². The first kappa shape index (κ1) is 20.9. The van der Waals surface area contributed by atoms with Crippen molar-refractivity contribution >= 4 is 46.7 Å². The third-order valence-corrected chi connectivity index (χ3v) is 3.79. The fourth-order valence-electron chi connectivity index (χ4n) is 2.53. The molecule has 0 saturated heterocycles. The minimum atomic E-state index is 0. The van der Waals surface area contributed by atoms with Gasteiger partial charge in [0.2, 0.25) is 0 Å². The van der Waals surface area contributed by atoms with Crippen molar-refractivity contribution in [2.75, 3.05) is 25.0 Å². The second-order valence-electron chi connectivity index (χ2n) is 5.76. The van der Waals surface area contributed by atoms with Crippen molar-refractivity contribution in [2.45, 2.75) is 13.5 Å². The average Bonchev–Trinajstić information content (AvgIpc) is 2.70. The SMILES string of the molecule is CCNC(=NCc1ccccn1)NCCNc1ccc2ccccc2n1.I. The molecule has 0 fully saturated rings. The molecule has 3 rings (SSSR count). The van der Waals surface area contributed by atoms with E-state index >= 15 is 0 Å². The van der Waals surface area contributed by atoms with E-state index < -0.39 is 0 Å². The maximum Gasteiger partial charge on any atom is 0.191 e. The summed E-state index contributed by atoms with van der Waals surface area (Å²) in [6.07, 6.45) is 1.78. The van der Waals surface area contributed by atoms with Gasteiger partial charge < -0.3 is 16.0 Å². The molecule has 0 atom stereocenters. The lowest BCUT2D eigenvalue weighted by atomic mass is 10.2. The number of pyridine rings is 2. The van der Waals surface area contributed by atoms with E-state index in [0.29, 0.717) is 6.54 Å². The molecule has 0 aliphatic carbocycles. The molecule has 142 valence electrons. The first-order chi connectivity index (χ1) is 12.8. The largest absolute Gasteiger partial charge is 0.368 e. The predicted molar refractivity (Wildman–Crippen MR) is 123 cm³/mol. The van der Waals surface area contributed by atoms with Crippen LogP contribution in [0.4, 0.5) is 5.82 Å². The number of hydrogen-bond acceptors (Lipinski definition) is 4. The Morgan fingerprint density at radius 2 is 1.81 bits per heavy atom. The predicted octanol–water partition coefficient (Wildman–Crippen LogP) is 3.42. The van der Waals surface area contributed by atoms with Gasteiger partial charge in [-0.3, -0.25) is 4.98 Å². The maximum atomic E-state index is 4.61. The summed E-state index contributed by atoms with van der Waals surface area (Å²) in [6.45, 7) is 4.90. The number of aromatic nitrogens is 2. The van der Waals surface area contributed by atoms with Crippen molar-refractivity contribution in [1.29, 1.82) is 0 Å². The zero-order valence-corrected chi connectivity index (χ0v) is 17.7. The molecular weight excluding hydrogens is 451 g/mol. The molecule has 0 amide bonds. The van der Waals surface area contributed by atoms with Crippen LogP contribution in [0.5, 0.6) is 0 Å². The molecule has 3 N–H and O–H groups in total. The van der Waals surface area contributed by atoms with E-state index in [4.69, 9.17) is 0 Å². The zero-order valence-electron chi connectivity index (χ0n) is 15.4. The van der Waals surface area contributed by atoms with Crippen LogP contribution in [0.2, 0.25) is 0 Å². The average molecular weight is 476 g/mol. The number of nitrogens with zero attached hydrogens (tertiary/aromatic N) is 3. The zero-order chi connectivity index (χ0) is 18.0. The molecule has 0 saturated carbocycles. The molecule has 7 heteroatoms. The maximum absolute atomic E-state index is 4.61. The van der Waals surface area contributed by atoms with Gasteiger partial charge in [0.1, 0.15) is 5.82 Å². The molecular formula is C20H25IN6. The summed E-state index contributed by atoms with van der Waals surface area (Å²) in [5, 5.41) is 11.0. The Bertz CT molecular complexity index is 853. The van der Waals surface area contributed by atoms with E-state index in [1.54, 1.807) is 6.20 Å². The number of guanidine groups is 1. The van der Waals surface area contributed by atoms with Crippen molar-refractivity contribution in [1.82, 2.24) is 20.6 Å². The second-order valence-corrected chi connectivity index (χ2v) is 5.76. The highest BCUT2D eigenvalue weighted by Crippen LogP contribution is 2.14. The number of nitrogens with one attached hydrogen (secondary N) is 3. The number of aliphatic imine (C=N–C) groups is 1. The molecule has 27 heavy (non-hydrogen) atoms. The van der Waals surface area contributed by atoms with E-state index in [0.717, 1.165) is 48.0 Å². The van der Waals surface area contributed by atoms with Crippen LogP contribution >= 0.6 is 24.0 Å². The van der Waals surface area contributed by atoms with Crippen LogP contribution in [0.1, 0.15) is 12.6 Å². The summed E-state index contributed by atoms with van der Waals surface area (Å²) in [5.41, 5.74) is 1.94. The summed E-state index contributed by atoms with van der Waals surface area (Å²) in [5.74, 6) is 1.66. The van der Waals surface area contributed by atoms with Crippen LogP contribution in [0.15, 0.2) is 65.8 Å². The van der Waals surface area contributed by atoms with Gasteiger partial charge in [0.15, 0.2) is 5.96 Å². The van der Waals surface area contributed by atoms with Crippen molar-refractivity contribution in [3.05, 3.63) is 66.5 Å². The Morgan fingerprint density at radius 1 is 0.963 bits per heavy atom. The summed E-state index contributed by atoms with van der Waals surface area (Å²) in [6, 6.07) is 18.0. The quantitative estimate of drug-likeness (QED) is 0.211. The lowest BCUT2D eigenvalue weighted by Crippen LogP contribution is -2.39. The van der Waals surface area contributed by atoms with Crippen LogP contribution in [0.25, 0.3) is 10.9 Å². The van der Waals surface area contributed by atoms with Gasteiger partial charge in [-0.1, -0.05) is 24.3 Å². The Kier molecular flexibility index (Phi) is 8.76. The number of halogens is 1. The molecule has 0 radical (unpaired) electrons. The van der Waals surface area contributed by atoms with Gasteiger partial charge in [-0.25, -0.2) is 9.98 Å². The lowest BCUT2D eigenvalue weighted by molar-refractivity contribution is 0.814. The van der Waals surface area contributed by atoms with Crippen molar-refractivity contribution in [3.8, 4) is 0 Å². The highest BCUT2D eigenvalue weighted by Gasteiger charge is 1.99. The van der Waals surface area contributed by atoms with Gasteiger partial charge in [-0.05, 0) is 37.3 Å². The number of anilines is 1. The minimum Gasteiger partial charge on any atom is -0.368 e. The van der Waals surface area contributed by atoms with Crippen LogP contribution in [-0.4, -0.2) is 35.6 Å². The number of para-hydroxylation sites is 1. The number of hydrogen-bond donors (Lipinski definition) is 3. The Hall–Kier alpha value is -2.42.